The Labute approximate surface area is 126 Å². The highest BCUT2D eigenvalue weighted by Gasteiger charge is 2.47. The van der Waals surface area contributed by atoms with Gasteiger partial charge in [-0.3, -0.25) is 14.6 Å². The molecule has 3 fully saturated rings. The topological polar surface area (TPSA) is 65.0 Å². The van der Waals surface area contributed by atoms with E-state index in [4.69, 9.17) is 4.74 Å². The van der Waals surface area contributed by atoms with E-state index in [1.54, 1.807) is 7.05 Å². The fourth-order valence-electron chi connectivity index (χ4n) is 4.20. The molecule has 3 atom stereocenters. The van der Waals surface area contributed by atoms with Crippen molar-refractivity contribution in [3.8, 4) is 0 Å². The standard InChI is InChI=1S/C15H27N3O3/c1-16-15(14(19)20)4-2-12(10-15)18-5-3-13(11-18)17-6-8-21-9-7-17/h12-13,16H,2-11H2,1H3,(H,19,20). The van der Waals surface area contributed by atoms with Crippen LogP contribution >= 0.6 is 0 Å². The summed E-state index contributed by atoms with van der Waals surface area (Å²) in [6.07, 6.45) is 3.66. The predicted molar refractivity (Wildman–Crippen MR) is 79.4 cm³/mol. The van der Waals surface area contributed by atoms with Crippen LogP contribution in [-0.4, -0.2) is 84.9 Å². The third-order valence-electron chi connectivity index (χ3n) is 5.65. The summed E-state index contributed by atoms with van der Waals surface area (Å²) in [5.74, 6) is -0.698. The van der Waals surface area contributed by atoms with Crippen LogP contribution < -0.4 is 5.32 Å². The van der Waals surface area contributed by atoms with Gasteiger partial charge < -0.3 is 15.2 Å². The summed E-state index contributed by atoms with van der Waals surface area (Å²) in [7, 11) is 1.77. The molecule has 0 radical (unpaired) electrons. The first-order chi connectivity index (χ1) is 10.1. The second-order valence-corrected chi connectivity index (χ2v) is 6.62. The smallest absolute Gasteiger partial charge is 0.323 e. The van der Waals surface area contributed by atoms with Gasteiger partial charge in [0, 0.05) is 38.3 Å². The maximum absolute atomic E-state index is 11.5. The molecular weight excluding hydrogens is 270 g/mol. The maximum atomic E-state index is 11.5. The van der Waals surface area contributed by atoms with Gasteiger partial charge in [0.15, 0.2) is 0 Å². The van der Waals surface area contributed by atoms with Gasteiger partial charge in [-0.1, -0.05) is 0 Å². The average molecular weight is 297 g/mol. The molecule has 21 heavy (non-hydrogen) atoms. The number of hydrogen-bond acceptors (Lipinski definition) is 5. The van der Waals surface area contributed by atoms with Crippen LogP contribution in [0.5, 0.6) is 0 Å². The van der Waals surface area contributed by atoms with Crippen molar-refractivity contribution < 1.29 is 14.6 Å². The summed E-state index contributed by atoms with van der Waals surface area (Å²) < 4.78 is 5.43. The van der Waals surface area contributed by atoms with E-state index in [0.29, 0.717) is 12.1 Å². The number of carboxylic acids is 1. The number of hydrogen-bond donors (Lipinski definition) is 2. The Bertz CT molecular complexity index is 386. The minimum Gasteiger partial charge on any atom is -0.480 e. The molecule has 120 valence electrons. The molecule has 3 unspecified atom stereocenters. The summed E-state index contributed by atoms with van der Waals surface area (Å²) in [4.78, 5) is 16.6. The minimum absolute atomic E-state index is 0.416. The van der Waals surface area contributed by atoms with Crippen LogP contribution in [0.1, 0.15) is 25.7 Å². The molecule has 0 aromatic rings. The molecule has 1 saturated carbocycles. The fourth-order valence-corrected chi connectivity index (χ4v) is 4.20. The summed E-state index contributed by atoms with van der Waals surface area (Å²) >= 11 is 0. The van der Waals surface area contributed by atoms with Crippen molar-refractivity contribution in [2.45, 2.75) is 43.3 Å². The first kappa shape index (κ1) is 15.2. The number of likely N-dealkylation sites (tertiary alicyclic amines) is 1. The zero-order valence-electron chi connectivity index (χ0n) is 12.9. The molecule has 2 aliphatic heterocycles. The van der Waals surface area contributed by atoms with Gasteiger partial charge in [0.05, 0.1) is 13.2 Å². The Hall–Kier alpha value is -0.690. The molecule has 6 nitrogen and oxygen atoms in total. The van der Waals surface area contributed by atoms with E-state index in [9.17, 15) is 9.90 Å². The van der Waals surface area contributed by atoms with E-state index < -0.39 is 11.5 Å². The number of likely N-dealkylation sites (N-methyl/N-ethyl adjacent to an activating group) is 1. The van der Waals surface area contributed by atoms with Crippen LogP contribution in [0, 0.1) is 0 Å². The second-order valence-electron chi connectivity index (χ2n) is 6.62. The van der Waals surface area contributed by atoms with Crippen LogP contribution in [0.2, 0.25) is 0 Å². The molecule has 0 bridgehead atoms. The molecule has 0 amide bonds. The third-order valence-corrected chi connectivity index (χ3v) is 5.65. The lowest BCUT2D eigenvalue weighted by atomic mass is 9.98. The Morgan fingerprint density at radius 3 is 2.57 bits per heavy atom. The molecule has 0 spiro atoms. The summed E-state index contributed by atoms with van der Waals surface area (Å²) in [6.45, 7) is 5.97. The van der Waals surface area contributed by atoms with Gasteiger partial charge in [-0.2, -0.15) is 0 Å². The number of carboxylic acid groups (broad SMARTS) is 1. The van der Waals surface area contributed by atoms with Crippen molar-refractivity contribution in [3.63, 3.8) is 0 Å². The van der Waals surface area contributed by atoms with E-state index in [0.717, 1.165) is 58.7 Å². The van der Waals surface area contributed by atoms with Gasteiger partial charge in [0.25, 0.3) is 0 Å². The van der Waals surface area contributed by atoms with Gasteiger partial charge in [-0.15, -0.1) is 0 Å². The molecule has 6 heteroatoms. The molecule has 2 saturated heterocycles. The van der Waals surface area contributed by atoms with E-state index in [2.05, 4.69) is 15.1 Å². The van der Waals surface area contributed by atoms with Crippen molar-refractivity contribution in [3.05, 3.63) is 0 Å². The number of carbonyl (C=O) groups is 1. The quantitative estimate of drug-likeness (QED) is 0.761. The maximum Gasteiger partial charge on any atom is 0.323 e. The number of morpholine rings is 1. The van der Waals surface area contributed by atoms with Crippen LogP contribution in [0.25, 0.3) is 0 Å². The SMILES string of the molecule is CNC1(C(=O)O)CCC(N2CCC(N3CCOCC3)C2)C1. The van der Waals surface area contributed by atoms with E-state index in [1.165, 1.54) is 6.42 Å². The predicted octanol–water partition coefficient (Wildman–Crippen LogP) is -0.0118. The highest BCUT2D eigenvalue weighted by Crippen LogP contribution is 2.35. The Morgan fingerprint density at radius 2 is 1.95 bits per heavy atom. The number of nitrogens with zero attached hydrogens (tertiary/aromatic N) is 2. The van der Waals surface area contributed by atoms with Crippen LogP contribution in [-0.2, 0) is 9.53 Å². The molecule has 0 aromatic carbocycles. The van der Waals surface area contributed by atoms with Crippen LogP contribution in [0.4, 0.5) is 0 Å². The number of aliphatic carboxylic acids is 1. The van der Waals surface area contributed by atoms with Crippen molar-refractivity contribution in [1.29, 1.82) is 0 Å². The van der Waals surface area contributed by atoms with Gasteiger partial charge in [-0.05, 0) is 32.7 Å². The number of rotatable bonds is 4. The third kappa shape index (κ3) is 2.95. The second kappa shape index (κ2) is 6.20. The summed E-state index contributed by atoms with van der Waals surface area (Å²) in [5.41, 5.74) is -0.707. The normalized spacial score (nSPS) is 38.9. The first-order valence-electron chi connectivity index (χ1n) is 8.13. The van der Waals surface area contributed by atoms with E-state index in [-0.39, 0.29) is 0 Å². The van der Waals surface area contributed by atoms with E-state index in [1.807, 2.05) is 0 Å². The molecule has 2 N–H and O–H groups in total. The molecule has 0 aromatic heterocycles. The minimum atomic E-state index is -0.707. The van der Waals surface area contributed by atoms with Crippen molar-refractivity contribution in [2.75, 3.05) is 46.4 Å². The zero-order chi connectivity index (χ0) is 14.9. The van der Waals surface area contributed by atoms with Gasteiger partial charge in [0.2, 0.25) is 0 Å². The van der Waals surface area contributed by atoms with E-state index >= 15 is 0 Å². The Morgan fingerprint density at radius 1 is 1.19 bits per heavy atom. The summed E-state index contributed by atoms with van der Waals surface area (Å²) in [5, 5.41) is 12.5. The lowest BCUT2D eigenvalue weighted by molar-refractivity contribution is -0.144. The highest BCUT2D eigenvalue weighted by molar-refractivity contribution is 5.79. The van der Waals surface area contributed by atoms with Crippen molar-refractivity contribution in [2.24, 2.45) is 0 Å². The molecule has 3 rings (SSSR count). The highest BCUT2D eigenvalue weighted by atomic mass is 16.5. The molecular formula is C15H27N3O3. The van der Waals surface area contributed by atoms with Crippen LogP contribution in [0.3, 0.4) is 0 Å². The Balaban J connectivity index is 1.56. The van der Waals surface area contributed by atoms with Gasteiger partial charge in [0.1, 0.15) is 5.54 Å². The molecule has 1 aliphatic carbocycles. The monoisotopic (exact) mass is 297 g/mol. The molecule has 3 aliphatic rings. The van der Waals surface area contributed by atoms with Gasteiger partial charge >= 0.3 is 5.97 Å². The fraction of sp³-hybridized carbons (Fsp3) is 0.933. The van der Waals surface area contributed by atoms with Crippen molar-refractivity contribution in [1.82, 2.24) is 15.1 Å². The molecule has 2 heterocycles. The summed E-state index contributed by atoms with van der Waals surface area (Å²) in [6, 6.07) is 1.04. The van der Waals surface area contributed by atoms with Crippen LogP contribution in [0.15, 0.2) is 0 Å². The lowest BCUT2D eigenvalue weighted by Crippen LogP contribution is -2.50. The zero-order valence-corrected chi connectivity index (χ0v) is 12.9. The first-order valence-corrected chi connectivity index (χ1v) is 8.13. The van der Waals surface area contributed by atoms with Gasteiger partial charge in [-0.25, -0.2) is 0 Å². The average Bonchev–Trinajstić information content (AvgIpc) is 3.15. The number of ether oxygens (including phenoxy) is 1. The Kier molecular flexibility index (Phi) is 4.49. The number of nitrogens with one attached hydrogen (secondary N) is 1. The lowest BCUT2D eigenvalue weighted by Gasteiger charge is -2.33. The van der Waals surface area contributed by atoms with Crippen molar-refractivity contribution >= 4 is 5.97 Å². The largest absolute Gasteiger partial charge is 0.480 e.